The fourth-order valence-electron chi connectivity index (χ4n) is 3.84. The highest BCUT2D eigenvalue weighted by atomic mass is 32.1. The zero-order valence-corrected chi connectivity index (χ0v) is 22.9. The van der Waals surface area contributed by atoms with Gasteiger partial charge in [-0.25, -0.2) is 34.1 Å². The molecule has 11 nitrogen and oxygen atoms in total. The number of fused-ring (bicyclic) bond motifs is 2. The number of carbonyl (C=O) groups excluding carboxylic acids is 1. The first kappa shape index (κ1) is 28.2. The summed E-state index contributed by atoms with van der Waals surface area (Å²) in [5, 5.41) is 10.3. The molecule has 2 aromatic carbocycles. The van der Waals surface area contributed by atoms with Crippen LogP contribution in [0.25, 0.3) is 31.8 Å². The Morgan fingerprint density at radius 2 is 1.88 bits per heavy atom. The molecule has 4 radical (unpaired) electrons. The van der Waals surface area contributed by atoms with Gasteiger partial charge in [-0.3, -0.25) is 5.32 Å². The maximum absolute atomic E-state index is 14.9. The minimum Gasteiger partial charge on any atom is -0.484 e. The van der Waals surface area contributed by atoms with Gasteiger partial charge in [0, 0.05) is 23.1 Å². The van der Waals surface area contributed by atoms with E-state index in [1.165, 1.54) is 43.1 Å². The van der Waals surface area contributed by atoms with Crippen LogP contribution in [0.5, 0.6) is 11.6 Å². The number of hydrogen-bond acceptors (Lipinski definition) is 11. The number of nitrogens with one attached hydrogen (secondary N) is 1. The van der Waals surface area contributed by atoms with Gasteiger partial charge in [0.2, 0.25) is 5.88 Å². The normalized spacial score (nSPS) is 12.3. The van der Waals surface area contributed by atoms with Gasteiger partial charge in [0.05, 0.1) is 52.6 Å². The Bertz CT molecular complexity index is 1750. The fraction of sp³-hybridized carbons (Fsp3) is 0.231. The third-order valence-electron chi connectivity index (χ3n) is 5.68. The Labute approximate surface area is 240 Å². The number of anilines is 1. The van der Waals surface area contributed by atoms with E-state index in [-0.39, 0.29) is 23.9 Å². The minimum absolute atomic E-state index is 0.0112. The van der Waals surface area contributed by atoms with E-state index in [4.69, 9.17) is 29.9 Å². The molecule has 1 atom stereocenters. The van der Waals surface area contributed by atoms with Crippen LogP contribution in [0, 0.1) is 12.7 Å². The zero-order chi connectivity index (χ0) is 29.3. The largest absolute Gasteiger partial charge is 0.484 e. The van der Waals surface area contributed by atoms with E-state index in [2.05, 4.69) is 30.2 Å². The number of aromatic nitrogens is 5. The second-order valence-corrected chi connectivity index (χ2v) is 10.2. The van der Waals surface area contributed by atoms with Crippen LogP contribution < -0.4 is 14.8 Å². The fourth-order valence-corrected chi connectivity index (χ4v) is 4.83. The highest BCUT2D eigenvalue weighted by molar-refractivity contribution is 7.21. The van der Waals surface area contributed by atoms with E-state index in [9.17, 15) is 14.3 Å². The lowest BCUT2D eigenvalue weighted by Crippen LogP contribution is -2.29. The second-order valence-electron chi connectivity index (χ2n) is 9.13. The summed E-state index contributed by atoms with van der Waals surface area (Å²) in [5.41, 5.74) is 3.69. The predicted molar refractivity (Wildman–Crippen MR) is 152 cm³/mol. The number of thiazole rings is 1. The molecule has 0 aliphatic rings. The molecule has 0 saturated carbocycles. The summed E-state index contributed by atoms with van der Waals surface area (Å²) in [5.74, 6) is -0.449. The molecular formula is C26H21B2FN6O5S. The Balaban J connectivity index is 1.27. The Kier molecular flexibility index (Phi) is 7.74. The van der Waals surface area contributed by atoms with E-state index >= 15 is 0 Å². The number of benzene rings is 2. The summed E-state index contributed by atoms with van der Waals surface area (Å²) in [6, 6.07) is 6.72. The molecule has 3 heterocycles. The molecule has 3 aromatic heterocycles. The number of rotatable bonds is 8. The number of aliphatic hydroxyl groups is 1. The first-order chi connectivity index (χ1) is 19.5. The monoisotopic (exact) mass is 570 g/mol. The standard InChI is InChI=1S/C26H21B2FN6O5S/c1-12-4-15(22-18(5-12)34-21(38-3)10-30-22)23-35-17-6-16(29)19(7-20(17)41-23)40-13(2)11-39-25(36)33-14-8-31-24(32-9-14)26(27,28)37/h4-10,13,37H,11H2,1-3H3,(H,33,36). The zero-order valence-electron chi connectivity index (χ0n) is 22.1. The lowest BCUT2D eigenvalue weighted by molar-refractivity contribution is 0.0969. The van der Waals surface area contributed by atoms with Crippen molar-refractivity contribution in [1.82, 2.24) is 24.9 Å². The number of halogens is 1. The quantitative estimate of drug-likeness (QED) is 0.266. The first-order valence-corrected chi connectivity index (χ1v) is 13.0. The van der Waals surface area contributed by atoms with Crippen LogP contribution in [0.3, 0.4) is 0 Å². The van der Waals surface area contributed by atoms with E-state index < -0.39 is 23.4 Å². The molecule has 5 rings (SSSR count). The maximum Gasteiger partial charge on any atom is 0.411 e. The average Bonchev–Trinajstić information content (AvgIpc) is 3.33. The van der Waals surface area contributed by atoms with Crippen molar-refractivity contribution in [2.75, 3.05) is 19.0 Å². The number of ether oxygens (including phenoxy) is 3. The molecule has 1 amide bonds. The number of amides is 1. The number of nitrogens with zero attached hydrogens (tertiary/aromatic N) is 5. The molecule has 0 bridgehead atoms. The van der Waals surface area contributed by atoms with Gasteiger partial charge < -0.3 is 19.3 Å². The summed E-state index contributed by atoms with van der Waals surface area (Å²) in [7, 11) is 12.1. The maximum atomic E-state index is 14.9. The summed E-state index contributed by atoms with van der Waals surface area (Å²) in [6.45, 7) is 3.39. The van der Waals surface area contributed by atoms with Gasteiger partial charge in [0.15, 0.2) is 11.6 Å². The second kappa shape index (κ2) is 11.3. The smallest absolute Gasteiger partial charge is 0.411 e. The van der Waals surface area contributed by atoms with Gasteiger partial charge in [-0.2, -0.15) is 0 Å². The molecule has 0 saturated heterocycles. The molecule has 1 unspecified atom stereocenters. The third-order valence-corrected chi connectivity index (χ3v) is 6.74. The number of hydrogen-bond donors (Lipinski definition) is 2. The number of methoxy groups -OCH3 is 1. The van der Waals surface area contributed by atoms with Gasteiger partial charge in [-0.1, -0.05) is 0 Å². The Hall–Kier alpha value is -4.36. The lowest BCUT2D eigenvalue weighted by Gasteiger charge is -2.17. The lowest BCUT2D eigenvalue weighted by atomic mass is 9.65. The van der Waals surface area contributed by atoms with Gasteiger partial charge in [0.1, 0.15) is 39.2 Å². The van der Waals surface area contributed by atoms with Gasteiger partial charge >= 0.3 is 6.09 Å². The van der Waals surface area contributed by atoms with Crippen LogP contribution >= 0.6 is 11.3 Å². The van der Waals surface area contributed by atoms with Crippen molar-refractivity contribution in [1.29, 1.82) is 0 Å². The van der Waals surface area contributed by atoms with Crippen LogP contribution in [0.1, 0.15) is 18.3 Å². The average molecular weight is 570 g/mol. The third kappa shape index (κ3) is 6.36. The number of aryl methyl sites for hydroxylation is 1. The summed E-state index contributed by atoms with van der Waals surface area (Å²) in [4.78, 5) is 33.3. The highest BCUT2D eigenvalue weighted by Gasteiger charge is 2.19. The van der Waals surface area contributed by atoms with Crippen LogP contribution in [-0.4, -0.2) is 71.6 Å². The van der Waals surface area contributed by atoms with E-state index in [1.54, 1.807) is 13.0 Å². The van der Waals surface area contributed by atoms with Crippen LogP contribution in [-0.2, 0) is 10.1 Å². The Morgan fingerprint density at radius 1 is 1.12 bits per heavy atom. The first-order valence-electron chi connectivity index (χ1n) is 12.1. The van der Waals surface area contributed by atoms with E-state index in [0.29, 0.717) is 32.1 Å². The molecular weight excluding hydrogens is 549 g/mol. The SMILES string of the molecule is [B]C([B])(O)c1ncc(NC(=O)OCC(C)Oc2cc3sc(-c4cc(C)cc5nc(OC)cnc45)nc3cc2F)cn1. The van der Waals surface area contributed by atoms with Crippen LogP contribution in [0.15, 0.2) is 42.9 Å². The van der Waals surface area contributed by atoms with Crippen LogP contribution in [0.2, 0.25) is 0 Å². The van der Waals surface area contributed by atoms with Crippen molar-refractivity contribution in [2.24, 2.45) is 0 Å². The summed E-state index contributed by atoms with van der Waals surface area (Å²) < 4.78 is 31.7. The molecule has 41 heavy (non-hydrogen) atoms. The van der Waals surface area contributed by atoms with Gasteiger partial charge in [-0.15, -0.1) is 11.3 Å². The Morgan fingerprint density at radius 3 is 2.59 bits per heavy atom. The molecule has 0 aliphatic heterocycles. The van der Waals surface area contributed by atoms with E-state index in [0.717, 1.165) is 11.1 Å². The predicted octanol–water partition coefficient (Wildman–Crippen LogP) is 3.61. The van der Waals surface area contributed by atoms with Crippen LogP contribution in [0.4, 0.5) is 14.9 Å². The molecule has 2 N–H and O–H groups in total. The van der Waals surface area contributed by atoms with Crippen molar-refractivity contribution in [3.05, 3.63) is 60.1 Å². The molecule has 0 fully saturated rings. The van der Waals surface area contributed by atoms with Gasteiger partial charge in [0.25, 0.3) is 0 Å². The molecule has 0 spiro atoms. The molecule has 5 aromatic rings. The van der Waals surface area contributed by atoms with Gasteiger partial charge in [-0.05, 0) is 31.5 Å². The number of carbonyl (C=O) groups is 1. The van der Waals surface area contributed by atoms with Crippen molar-refractivity contribution < 1.29 is 28.5 Å². The van der Waals surface area contributed by atoms with Crippen molar-refractivity contribution in [3.63, 3.8) is 0 Å². The minimum atomic E-state index is -2.21. The van der Waals surface area contributed by atoms with Crippen molar-refractivity contribution in [2.45, 2.75) is 25.4 Å². The molecule has 0 aliphatic carbocycles. The van der Waals surface area contributed by atoms with E-state index in [1.807, 2.05) is 19.1 Å². The molecule has 204 valence electrons. The summed E-state index contributed by atoms with van der Waals surface area (Å²) >= 11 is 1.36. The van der Waals surface area contributed by atoms with Crippen molar-refractivity contribution in [3.8, 4) is 22.2 Å². The summed E-state index contributed by atoms with van der Waals surface area (Å²) in [6.07, 6.45) is 2.43. The molecule has 15 heteroatoms. The van der Waals surface area contributed by atoms with Crippen molar-refractivity contribution >= 4 is 60.1 Å². The topological polar surface area (TPSA) is 141 Å². The highest BCUT2D eigenvalue weighted by Crippen LogP contribution is 2.37.